The number of rotatable bonds is 5. The van der Waals surface area contributed by atoms with Gasteiger partial charge in [0.05, 0.1) is 22.5 Å². The number of fused-ring (bicyclic) bond motifs is 12. The van der Waals surface area contributed by atoms with E-state index in [9.17, 15) is 0 Å². The molecule has 0 fully saturated rings. The fourth-order valence-electron chi connectivity index (χ4n) is 9.76. The van der Waals surface area contributed by atoms with Gasteiger partial charge in [0.15, 0.2) is 23.0 Å². The van der Waals surface area contributed by atoms with Crippen molar-refractivity contribution in [1.29, 1.82) is 0 Å². The van der Waals surface area contributed by atoms with Crippen LogP contribution in [0.25, 0.3) is 44.5 Å². The molecule has 0 saturated heterocycles. The van der Waals surface area contributed by atoms with Crippen LogP contribution in [0.1, 0.15) is 22.3 Å². The van der Waals surface area contributed by atoms with Gasteiger partial charge in [0.25, 0.3) is 0 Å². The van der Waals surface area contributed by atoms with E-state index in [2.05, 4.69) is 211 Å². The molecule has 0 aromatic heterocycles. The Morgan fingerprint density at radius 2 is 0.707 bits per heavy atom. The summed E-state index contributed by atoms with van der Waals surface area (Å²) in [7, 11) is 0. The molecule has 272 valence electrons. The van der Waals surface area contributed by atoms with Crippen LogP contribution in [-0.2, 0) is 5.41 Å². The lowest BCUT2D eigenvalue weighted by atomic mass is 9.70. The monoisotopic (exact) mass is 741 g/mol. The molecule has 1 heterocycles. The molecule has 0 atom stereocenters. The Hall–Kier alpha value is -7.62. The molecule has 58 heavy (non-hydrogen) atoms. The number of anilines is 3. The number of benzene rings is 9. The van der Waals surface area contributed by atoms with E-state index >= 15 is 0 Å². The van der Waals surface area contributed by atoms with Gasteiger partial charge in [-0.05, 0) is 92.0 Å². The molecular formula is C55H35NO2. The maximum Gasteiger partial charge on any atom is 0.172 e. The van der Waals surface area contributed by atoms with E-state index < -0.39 is 5.41 Å². The van der Waals surface area contributed by atoms with E-state index in [1.54, 1.807) is 0 Å². The summed E-state index contributed by atoms with van der Waals surface area (Å²) in [6.45, 7) is 0. The van der Waals surface area contributed by atoms with Crippen LogP contribution < -0.4 is 14.4 Å². The Morgan fingerprint density at radius 1 is 0.293 bits per heavy atom. The summed E-state index contributed by atoms with van der Waals surface area (Å²) in [6, 6.07) is 75.8. The number of hydrogen-bond donors (Lipinski definition) is 0. The Bertz CT molecular complexity index is 2950. The molecule has 9 aromatic rings. The summed E-state index contributed by atoms with van der Waals surface area (Å²) < 4.78 is 13.8. The molecule has 3 nitrogen and oxygen atoms in total. The lowest BCUT2D eigenvalue weighted by Gasteiger charge is -2.32. The van der Waals surface area contributed by atoms with Crippen LogP contribution in [0.15, 0.2) is 212 Å². The van der Waals surface area contributed by atoms with Gasteiger partial charge in [0.1, 0.15) is 0 Å². The van der Waals surface area contributed by atoms with Crippen LogP contribution in [0.2, 0.25) is 0 Å². The van der Waals surface area contributed by atoms with Crippen molar-refractivity contribution in [1.82, 2.24) is 0 Å². The fourth-order valence-corrected chi connectivity index (χ4v) is 9.76. The Labute approximate surface area is 337 Å². The summed E-state index contributed by atoms with van der Waals surface area (Å²) in [5.74, 6) is 2.77. The molecule has 0 unspecified atom stereocenters. The highest BCUT2D eigenvalue weighted by atomic mass is 16.6. The van der Waals surface area contributed by atoms with Gasteiger partial charge < -0.3 is 14.4 Å². The van der Waals surface area contributed by atoms with Gasteiger partial charge in [0, 0.05) is 17.2 Å². The SMILES string of the molecule is c1ccc(-c2ccccc2N(c2ccc3c(c2)Oc2cc4c(cc2O3)-c2ccccc2C42c3ccccc3-c3ccccc32)c2ccccc2-c2ccccc2)cc1. The van der Waals surface area contributed by atoms with Gasteiger partial charge in [0.2, 0.25) is 0 Å². The maximum atomic E-state index is 7.02. The van der Waals surface area contributed by atoms with Crippen LogP contribution in [0, 0.1) is 0 Å². The smallest absolute Gasteiger partial charge is 0.172 e. The minimum absolute atomic E-state index is 0.473. The maximum absolute atomic E-state index is 7.02. The van der Waals surface area contributed by atoms with E-state index in [0.717, 1.165) is 39.3 Å². The number of para-hydroxylation sites is 2. The first-order chi connectivity index (χ1) is 28.8. The van der Waals surface area contributed by atoms with E-state index in [1.807, 2.05) is 6.07 Å². The highest BCUT2D eigenvalue weighted by molar-refractivity contribution is 5.97. The Balaban J connectivity index is 1.03. The summed E-state index contributed by atoms with van der Waals surface area (Å²) in [5.41, 5.74) is 17.2. The third-order valence-electron chi connectivity index (χ3n) is 12.1. The molecule has 0 bridgehead atoms. The van der Waals surface area contributed by atoms with Crippen LogP contribution in [0.5, 0.6) is 23.0 Å². The average molecular weight is 742 g/mol. The highest BCUT2D eigenvalue weighted by Crippen LogP contribution is 2.64. The normalized spacial score (nSPS) is 13.2. The van der Waals surface area contributed by atoms with Crippen LogP contribution in [-0.4, -0.2) is 0 Å². The third kappa shape index (κ3) is 4.68. The van der Waals surface area contributed by atoms with E-state index in [0.29, 0.717) is 23.0 Å². The molecule has 1 spiro atoms. The zero-order valence-corrected chi connectivity index (χ0v) is 31.5. The quantitative estimate of drug-likeness (QED) is 0.175. The van der Waals surface area contributed by atoms with E-state index in [4.69, 9.17) is 9.47 Å². The van der Waals surface area contributed by atoms with Gasteiger partial charge >= 0.3 is 0 Å². The first kappa shape index (κ1) is 32.6. The van der Waals surface area contributed by atoms with Crippen LogP contribution in [0.3, 0.4) is 0 Å². The van der Waals surface area contributed by atoms with Crippen molar-refractivity contribution in [2.75, 3.05) is 4.90 Å². The largest absolute Gasteiger partial charge is 0.449 e. The summed E-state index contributed by atoms with van der Waals surface area (Å²) in [6.07, 6.45) is 0. The van der Waals surface area contributed by atoms with Crippen LogP contribution in [0.4, 0.5) is 17.1 Å². The molecule has 0 saturated carbocycles. The van der Waals surface area contributed by atoms with Gasteiger partial charge in [-0.1, -0.05) is 170 Å². The summed E-state index contributed by atoms with van der Waals surface area (Å²) >= 11 is 0. The first-order valence-corrected chi connectivity index (χ1v) is 19.8. The minimum Gasteiger partial charge on any atom is -0.449 e. The van der Waals surface area contributed by atoms with E-state index in [-0.39, 0.29) is 0 Å². The van der Waals surface area contributed by atoms with Crippen molar-refractivity contribution in [3.8, 4) is 67.5 Å². The minimum atomic E-state index is -0.473. The second-order valence-electron chi connectivity index (χ2n) is 15.2. The zero-order valence-electron chi connectivity index (χ0n) is 31.5. The van der Waals surface area contributed by atoms with Crippen molar-refractivity contribution in [3.63, 3.8) is 0 Å². The second kappa shape index (κ2) is 12.7. The zero-order chi connectivity index (χ0) is 38.2. The molecular weight excluding hydrogens is 707 g/mol. The highest BCUT2D eigenvalue weighted by Gasteiger charge is 2.52. The van der Waals surface area contributed by atoms with Crippen molar-refractivity contribution in [2.45, 2.75) is 5.41 Å². The van der Waals surface area contributed by atoms with Gasteiger partial charge in [-0.15, -0.1) is 0 Å². The molecule has 1 aliphatic heterocycles. The Morgan fingerprint density at radius 3 is 1.26 bits per heavy atom. The molecule has 0 amide bonds. The number of nitrogens with zero attached hydrogens (tertiary/aromatic N) is 1. The predicted octanol–water partition coefficient (Wildman–Crippen LogP) is 14.7. The van der Waals surface area contributed by atoms with Crippen molar-refractivity contribution >= 4 is 17.1 Å². The molecule has 12 rings (SSSR count). The van der Waals surface area contributed by atoms with E-state index in [1.165, 1.54) is 44.5 Å². The molecule has 0 N–H and O–H groups in total. The molecule has 2 aliphatic carbocycles. The first-order valence-electron chi connectivity index (χ1n) is 19.8. The topological polar surface area (TPSA) is 21.7 Å². The molecule has 3 aliphatic rings. The summed E-state index contributed by atoms with van der Waals surface area (Å²) in [4.78, 5) is 2.35. The lowest BCUT2D eigenvalue weighted by molar-refractivity contribution is 0.359. The van der Waals surface area contributed by atoms with Gasteiger partial charge in [-0.3, -0.25) is 0 Å². The average Bonchev–Trinajstić information content (AvgIpc) is 3.75. The molecule has 3 heteroatoms. The van der Waals surface area contributed by atoms with Crippen LogP contribution >= 0.6 is 0 Å². The van der Waals surface area contributed by atoms with Crippen molar-refractivity contribution in [3.05, 3.63) is 235 Å². The van der Waals surface area contributed by atoms with Gasteiger partial charge in [-0.25, -0.2) is 0 Å². The number of hydrogen-bond acceptors (Lipinski definition) is 3. The standard InChI is InChI=1S/C55H35NO2/c1-3-17-36(18-4-1)39-21-10-15-29-49(39)56(50-30-16-11-22-40(50)37-19-5-2-6-20-37)38-31-32-51-52(33-38)58-54-35-48-44(34-53(54)57-51)43-25-9-14-28-47(43)55(48)45-26-12-7-23-41(45)42-24-8-13-27-46(42)55/h1-35H. The summed E-state index contributed by atoms with van der Waals surface area (Å²) in [5, 5.41) is 0. The predicted molar refractivity (Wildman–Crippen MR) is 235 cm³/mol. The fraction of sp³-hybridized carbons (Fsp3) is 0.0182. The third-order valence-corrected chi connectivity index (χ3v) is 12.1. The molecule has 0 radical (unpaired) electrons. The number of ether oxygens (including phenoxy) is 2. The van der Waals surface area contributed by atoms with Gasteiger partial charge in [-0.2, -0.15) is 0 Å². The van der Waals surface area contributed by atoms with Crippen molar-refractivity contribution in [2.24, 2.45) is 0 Å². The van der Waals surface area contributed by atoms with Crippen molar-refractivity contribution < 1.29 is 9.47 Å². The second-order valence-corrected chi connectivity index (χ2v) is 15.2. The molecule has 9 aromatic carbocycles. The Kier molecular flexibility index (Phi) is 7.14. The lowest BCUT2D eigenvalue weighted by Crippen LogP contribution is -2.25.